The van der Waals surface area contributed by atoms with Crippen molar-refractivity contribution in [2.24, 2.45) is 4.99 Å². The summed E-state index contributed by atoms with van der Waals surface area (Å²) in [6, 6.07) is 6.94. The molecule has 0 radical (unpaired) electrons. The van der Waals surface area contributed by atoms with Crippen LogP contribution in [0.2, 0.25) is 5.02 Å². The number of ether oxygens (including phenoxy) is 2. The van der Waals surface area contributed by atoms with Crippen LogP contribution in [0.3, 0.4) is 0 Å². The third-order valence-electron chi connectivity index (χ3n) is 5.70. The van der Waals surface area contributed by atoms with Crippen molar-refractivity contribution in [3.05, 3.63) is 57.2 Å². The molecule has 1 amide bonds. The normalized spacial score (nSPS) is 20.3. The second-order valence-corrected chi connectivity index (χ2v) is 9.11. The molecule has 32 heavy (non-hydrogen) atoms. The summed E-state index contributed by atoms with van der Waals surface area (Å²) in [6.45, 7) is 3.87. The van der Waals surface area contributed by atoms with Crippen molar-refractivity contribution < 1.29 is 19.1 Å². The minimum absolute atomic E-state index is 0.0935. The molecule has 1 atom stereocenters. The number of thioether (sulfide) groups is 1. The van der Waals surface area contributed by atoms with E-state index in [0.717, 1.165) is 42.4 Å². The van der Waals surface area contributed by atoms with Gasteiger partial charge in [-0.2, -0.15) is 0 Å². The second-order valence-electron chi connectivity index (χ2n) is 7.84. The second kappa shape index (κ2) is 10.1. The number of likely N-dealkylation sites (tertiary alicyclic amines) is 1. The van der Waals surface area contributed by atoms with E-state index in [9.17, 15) is 9.59 Å². The summed E-state index contributed by atoms with van der Waals surface area (Å²) in [4.78, 5) is 34.6. The van der Waals surface area contributed by atoms with E-state index in [2.05, 4.69) is 4.99 Å². The summed E-state index contributed by atoms with van der Waals surface area (Å²) in [5, 5.41) is 3.27. The van der Waals surface area contributed by atoms with Crippen LogP contribution in [0.1, 0.15) is 37.8 Å². The Morgan fingerprint density at radius 2 is 2.03 bits per heavy atom. The standard InChI is InChI=1S/C23H26ClN3O4S/c1-15-20(22(29)31-11-10-30-2)21(16-6-5-7-17(24)12-16)27-18(14-32-23(27)25-15)13-19(28)26-8-3-4-9-26/h5-7,12,14,21H,3-4,8-11,13H2,1-2H3/t21-/m0/s1. The average Bonchev–Trinajstić information content (AvgIpc) is 3.43. The van der Waals surface area contributed by atoms with Gasteiger partial charge in [-0.05, 0) is 42.9 Å². The van der Waals surface area contributed by atoms with Gasteiger partial charge in [-0.25, -0.2) is 9.79 Å². The van der Waals surface area contributed by atoms with Gasteiger partial charge in [0.25, 0.3) is 0 Å². The summed E-state index contributed by atoms with van der Waals surface area (Å²) in [7, 11) is 1.56. The van der Waals surface area contributed by atoms with Crippen molar-refractivity contribution in [1.29, 1.82) is 0 Å². The number of nitrogens with zero attached hydrogens (tertiary/aromatic N) is 3. The van der Waals surface area contributed by atoms with Crippen LogP contribution in [0.4, 0.5) is 0 Å². The largest absolute Gasteiger partial charge is 0.460 e. The van der Waals surface area contributed by atoms with E-state index in [4.69, 9.17) is 21.1 Å². The molecule has 170 valence electrons. The van der Waals surface area contributed by atoms with Crippen LogP contribution in [-0.4, -0.2) is 60.3 Å². The third-order valence-corrected chi connectivity index (χ3v) is 6.82. The topological polar surface area (TPSA) is 71.4 Å². The summed E-state index contributed by atoms with van der Waals surface area (Å²) < 4.78 is 10.5. The number of fused-ring (bicyclic) bond motifs is 1. The Balaban J connectivity index is 1.68. The number of amides is 1. The summed E-state index contributed by atoms with van der Waals surface area (Å²) in [5.41, 5.74) is 2.70. The molecular weight excluding hydrogens is 450 g/mol. The van der Waals surface area contributed by atoms with Crippen LogP contribution in [0.25, 0.3) is 0 Å². The molecular formula is C23H26ClN3O4S. The maximum Gasteiger partial charge on any atom is 0.338 e. The molecule has 9 heteroatoms. The highest BCUT2D eigenvalue weighted by atomic mass is 35.5. The molecule has 3 heterocycles. The smallest absolute Gasteiger partial charge is 0.338 e. The number of methoxy groups -OCH3 is 1. The predicted molar refractivity (Wildman–Crippen MR) is 125 cm³/mol. The number of allylic oxidation sites excluding steroid dienone is 1. The number of carbonyl (C=O) groups excluding carboxylic acids is 2. The summed E-state index contributed by atoms with van der Waals surface area (Å²) >= 11 is 7.77. The summed E-state index contributed by atoms with van der Waals surface area (Å²) in [6.07, 6.45) is 2.34. The Kier molecular flexibility index (Phi) is 7.23. The lowest BCUT2D eigenvalue weighted by molar-refractivity contribution is -0.141. The lowest BCUT2D eigenvalue weighted by Crippen LogP contribution is -2.38. The minimum atomic E-state index is -0.483. The molecule has 0 aliphatic carbocycles. The first-order valence-electron chi connectivity index (χ1n) is 10.6. The van der Waals surface area contributed by atoms with Crippen LogP contribution in [0.15, 0.2) is 51.6 Å². The van der Waals surface area contributed by atoms with Crippen LogP contribution >= 0.6 is 23.4 Å². The van der Waals surface area contributed by atoms with E-state index < -0.39 is 12.0 Å². The molecule has 0 N–H and O–H groups in total. The quantitative estimate of drug-likeness (QED) is 0.436. The zero-order chi connectivity index (χ0) is 22.7. The number of carbonyl (C=O) groups is 2. The minimum Gasteiger partial charge on any atom is -0.460 e. The number of aliphatic imine (C=N–C) groups is 1. The SMILES string of the molecule is COCCOC(=O)C1=C(C)N=C2SC=C(CC(=O)N3CCCC3)N2[C@H]1c1cccc(Cl)c1. The summed E-state index contributed by atoms with van der Waals surface area (Å²) in [5.74, 6) is -0.356. The fourth-order valence-electron chi connectivity index (χ4n) is 4.15. The van der Waals surface area contributed by atoms with Crippen LogP contribution in [0, 0.1) is 0 Å². The Bertz CT molecular complexity index is 1000. The van der Waals surface area contributed by atoms with E-state index in [1.807, 2.05) is 40.3 Å². The maximum absolute atomic E-state index is 13.1. The molecule has 0 unspecified atom stereocenters. The van der Waals surface area contributed by atoms with Gasteiger partial charge in [-0.15, -0.1) is 0 Å². The zero-order valence-electron chi connectivity index (χ0n) is 18.2. The first-order valence-corrected chi connectivity index (χ1v) is 11.9. The number of amidine groups is 1. The molecule has 0 spiro atoms. The number of esters is 1. The Morgan fingerprint density at radius 1 is 1.25 bits per heavy atom. The number of hydrogen-bond donors (Lipinski definition) is 0. The van der Waals surface area contributed by atoms with Gasteiger partial charge in [0.05, 0.1) is 30.3 Å². The molecule has 4 rings (SSSR count). The van der Waals surface area contributed by atoms with Crippen molar-refractivity contribution >= 4 is 40.4 Å². The van der Waals surface area contributed by atoms with Crippen molar-refractivity contribution in [2.45, 2.75) is 32.2 Å². The van der Waals surface area contributed by atoms with Gasteiger partial charge >= 0.3 is 5.97 Å². The maximum atomic E-state index is 13.1. The molecule has 3 aliphatic heterocycles. The average molecular weight is 476 g/mol. The molecule has 0 aromatic heterocycles. The molecule has 7 nitrogen and oxygen atoms in total. The molecule has 1 fully saturated rings. The highest BCUT2D eigenvalue weighted by Crippen LogP contribution is 2.45. The Labute approximate surface area is 197 Å². The Morgan fingerprint density at radius 3 is 2.75 bits per heavy atom. The molecule has 3 aliphatic rings. The van der Waals surface area contributed by atoms with Gasteiger partial charge in [-0.1, -0.05) is 35.5 Å². The lowest BCUT2D eigenvalue weighted by atomic mass is 9.94. The van der Waals surface area contributed by atoms with Crippen molar-refractivity contribution in [3.8, 4) is 0 Å². The molecule has 0 bridgehead atoms. The molecule has 1 aromatic rings. The highest BCUT2D eigenvalue weighted by Gasteiger charge is 2.41. The van der Waals surface area contributed by atoms with Gasteiger partial charge in [0, 0.05) is 30.9 Å². The molecule has 1 aromatic carbocycles. The first kappa shape index (κ1) is 22.9. The van der Waals surface area contributed by atoms with E-state index in [-0.39, 0.29) is 18.9 Å². The zero-order valence-corrected chi connectivity index (χ0v) is 19.7. The highest BCUT2D eigenvalue weighted by molar-refractivity contribution is 8.16. The van der Waals surface area contributed by atoms with Gasteiger partial charge in [0.1, 0.15) is 6.61 Å². The molecule has 0 saturated carbocycles. The van der Waals surface area contributed by atoms with Crippen LogP contribution in [-0.2, 0) is 19.1 Å². The number of benzene rings is 1. The van der Waals surface area contributed by atoms with Gasteiger partial charge < -0.3 is 19.3 Å². The lowest BCUT2D eigenvalue weighted by Gasteiger charge is -2.36. The van der Waals surface area contributed by atoms with E-state index in [1.54, 1.807) is 13.2 Å². The van der Waals surface area contributed by atoms with Gasteiger partial charge in [0.15, 0.2) is 5.17 Å². The number of hydrogen-bond acceptors (Lipinski definition) is 7. The van der Waals surface area contributed by atoms with E-state index >= 15 is 0 Å². The predicted octanol–water partition coefficient (Wildman–Crippen LogP) is 4.12. The van der Waals surface area contributed by atoms with E-state index in [1.165, 1.54) is 11.8 Å². The van der Waals surface area contributed by atoms with Crippen molar-refractivity contribution in [2.75, 3.05) is 33.4 Å². The fourth-order valence-corrected chi connectivity index (χ4v) is 5.31. The van der Waals surface area contributed by atoms with Crippen molar-refractivity contribution in [1.82, 2.24) is 9.80 Å². The van der Waals surface area contributed by atoms with Crippen molar-refractivity contribution in [3.63, 3.8) is 0 Å². The number of halogens is 1. The van der Waals surface area contributed by atoms with Gasteiger partial charge in [-0.3, -0.25) is 4.79 Å². The van der Waals surface area contributed by atoms with Gasteiger partial charge in [0.2, 0.25) is 5.91 Å². The van der Waals surface area contributed by atoms with E-state index in [0.29, 0.717) is 22.9 Å². The van der Waals surface area contributed by atoms with Crippen LogP contribution < -0.4 is 0 Å². The fraction of sp³-hybridized carbons (Fsp3) is 0.435. The van der Waals surface area contributed by atoms with Crippen LogP contribution in [0.5, 0.6) is 0 Å². The Hall–Kier alpha value is -2.29. The first-order chi connectivity index (χ1) is 15.5. The molecule has 1 saturated heterocycles. The number of rotatable bonds is 7. The monoisotopic (exact) mass is 475 g/mol. The third kappa shape index (κ3) is 4.72.